The quantitative estimate of drug-likeness (QED) is 0.729. The van der Waals surface area contributed by atoms with Crippen LogP contribution in [0, 0.1) is 5.82 Å². The second-order valence-corrected chi connectivity index (χ2v) is 5.68. The molecule has 0 saturated carbocycles. The van der Waals surface area contributed by atoms with Crippen molar-refractivity contribution in [3.63, 3.8) is 0 Å². The molecule has 0 bridgehead atoms. The number of carbonyl (C=O) groups is 1. The largest absolute Gasteiger partial charge is 0.355 e. The van der Waals surface area contributed by atoms with Crippen molar-refractivity contribution >= 4 is 17.5 Å². The van der Waals surface area contributed by atoms with E-state index in [1.54, 1.807) is 18.2 Å². The van der Waals surface area contributed by atoms with Crippen LogP contribution in [0.2, 0.25) is 5.02 Å². The number of hydrogen-bond acceptors (Lipinski definition) is 2. The highest BCUT2D eigenvalue weighted by molar-refractivity contribution is 6.30. The highest BCUT2D eigenvalue weighted by Crippen LogP contribution is 2.10. The fourth-order valence-corrected chi connectivity index (χ4v) is 2.44. The van der Waals surface area contributed by atoms with Crippen LogP contribution in [0.25, 0.3) is 0 Å². The van der Waals surface area contributed by atoms with Gasteiger partial charge in [-0.2, -0.15) is 0 Å². The minimum atomic E-state index is -0.208. The third-order valence-electron chi connectivity index (χ3n) is 3.44. The summed E-state index contributed by atoms with van der Waals surface area (Å²) in [7, 11) is 0. The van der Waals surface area contributed by atoms with Gasteiger partial charge >= 0.3 is 0 Å². The van der Waals surface area contributed by atoms with Crippen molar-refractivity contribution in [3.8, 4) is 0 Å². The Morgan fingerprint density at radius 2 is 1.87 bits per heavy atom. The Hall–Kier alpha value is -1.91. The lowest BCUT2D eigenvalue weighted by molar-refractivity contribution is -0.120. The molecule has 2 aromatic rings. The summed E-state index contributed by atoms with van der Waals surface area (Å²) in [5.74, 6) is -0.277. The number of halogens is 2. The van der Waals surface area contributed by atoms with Crippen LogP contribution < -0.4 is 10.6 Å². The lowest BCUT2D eigenvalue weighted by Gasteiger charge is -2.07. The summed E-state index contributed by atoms with van der Waals surface area (Å²) < 4.78 is 13.4. The van der Waals surface area contributed by atoms with Crippen molar-refractivity contribution < 1.29 is 9.18 Å². The summed E-state index contributed by atoms with van der Waals surface area (Å²) in [5, 5.41) is 6.56. The Kier molecular flexibility index (Phi) is 7.04. The molecule has 0 aromatic heterocycles. The molecular weight excluding hydrogens is 315 g/mol. The van der Waals surface area contributed by atoms with Gasteiger partial charge in [0.15, 0.2) is 0 Å². The highest BCUT2D eigenvalue weighted by Gasteiger charge is 2.03. The molecule has 0 aliphatic carbocycles. The fraction of sp³-hybridized carbons (Fsp3) is 0.278. The van der Waals surface area contributed by atoms with Crippen molar-refractivity contribution in [1.82, 2.24) is 10.6 Å². The SMILES string of the molecule is O=C(CNCCc1ccccc1F)NCCc1cccc(Cl)c1. The molecule has 0 aliphatic heterocycles. The first kappa shape index (κ1) is 17.4. The van der Waals surface area contributed by atoms with E-state index in [-0.39, 0.29) is 18.3 Å². The van der Waals surface area contributed by atoms with Gasteiger partial charge in [-0.05, 0) is 48.7 Å². The van der Waals surface area contributed by atoms with Crippen molar-refractivity contribution in [3.05, 3.63) is 70.5 Å². The van der Waals surface area contributed by atoms with Gasteiger partial charge in [0.1, 0.15) is 5.82 Å². The van der Waals surface area contributed by atoms with Crippen LogP contribution in [0.5, 0.6) is 0 Å². The molecule has 0 spiro atoms. The molecule has 3 nitrogen and oxygen atoms in total. The smallest absolute Gasteiger partial charge is 0.233 e. The van der Waals surface area contributed by atoms with Gasteiger partial charge in [0, 0.05) is 11.6 Å². The number of rotatable bonds is 8. The third-order valence-corrected chi connectivity index (χ3v) is 3.67. The molecule has 5 heteroatoms. The Labute approximate surface area is 140 Å². The summed E-state index contributed by atoms with van der Waals surface area (Å²) >= 11 is 5.91. The van der Waals surface area contributed by atoms with Gasteiger partial charge in [0.25, 0.3) is 0 Å². The molecule has 1 amide bonds. The van der Waals surface area contributed by atoms with Crippen molar-refractivity contribution in [1.29, 1.82) is 0 Å². The molecule has 2 N–H and O–H groups in total. The molecule has 0 heterocycles. The van der Waals surface area contributed by atoms with Crippen LogP contribution in [0.3, 0.4) is 0 Å². The number of benzene rings is 2. The van der Waals surface area contributed by atoms with Gasteiger partial charge in [0.2, 0.25) is 5.91 Å². The zero-order valence-electron chi connectivity index (χ0n) is 12.8. The summed E-state index contributed by atoms with van der Waals surface area (Å²) in [6.07, 6.45) is 1.30. The van der Waals surface area contributed by atoms with Gasteiger partial charge in [-0.1, -0.05) is 41.9 Å². The van der Waals surface area contributed by atoms with Crippen LogP contribution in [0.1, 0.15) is 11.1 Å². The standard InChI is InChI=1S/C18H20ClFN2O/c19-16-6-3-4-14(12-16)8-11-22-18(23)13-21-10-9-15-5-1-2-7-17(15)20/h1-7,12,21H,8-11,13H2,(H,22,23). The zero-order chi connectivity index (χ0) is 16.5. The monoisotopic (exact) mass is 334 g/mol. The molecule has 2 rings (SSSR count). The minimum absolute atomic E-state index is 0.0689. The molecule has 122 valence electrons. The fourth-order valence-electron chi connectivity index (χ4n) is 2.23. The summed E-state index contributed by atoms with van der Waals surface area (Å²) in [6.45, 7) is 1.35. The lowest BCUT2D eigenvalue weighted by atomic mass is 10.1. The van der Waals surface area contributed by atoms with Crippen LogP contribution in [0.15, 0.2) is 48.5 Å². The molecule has 0 radical (unpaired) electrons. The Morgan fingerprint density at radius 1 is 1.04 bits per heavy atom. The van der Waals surface area contributed by atoms with E-state index in [1.165, 1.54) is 6.07 Å². The maximum atomic E-state index is 13.4. The predicted octanol–water partition coefficient (Wildman–Crippen LogP) is 2.97. The maximum Gasteiger partial charge on any atom is 0.233 e. The van der Waals surface area contributed by atoms with Gasteiger partial charge < -0.3 is 10.6 Å². The molecule has 2 aromatic carbocycles. The Morgan fingerprint density at radius 3 is 2.65 bits per heavy atom. The van der Waals surface area contributed by atoms with Crippen molar-refractivity contribution in [2.24, 2.45) is 0 Å². The van der Waals surface area contributed by atoms with Crippen LogP contribution in [0.4, 0.5) is 4.39 Å². The maximum absolute atomic E-state index is 13.4. The second-order valence-electron chi connectivity index (χ2n) is 5.25. The van der Waals surface area contributed by atoms with E-state index in [9.17, 15) is 9.18 Å². The van der Waals surface area contributed by atoms with Gasteiger partial charge in [-0.3, -0.25) is 4.79 Å². The molecule has 0 saturated heterocycles. The van der Waals surface area contributed by atoms with Crippen LogP contribution in [-0.4, -0.2) is 25.5 Å². The second kappa shape index (κ2) is 9.28. The Balaban J connectivity index is 1.59. The van der Waals surface area contributed by atoms with E-state index < -0.39 is 0 Å². The van der Waals surface area contributed by atoms with Crippen LogP contribution >= 0.6 is 11.6 Å². The van der Waals surface area contributed by atoms with E-state index >= 15 is 0 Å². The highest BCUT2D eigenvalue weighted by atomic mass is 35.5. The van der Waals surface area contributed by atoms with Crippen molar-refractivity contribution in [2.45, 2.75) is 12.8 Å². The normalized spacial score (nSPS) is 10.5. The van der Waals surface area contributed by atoms with Crippen molar-refractivity contribution in [2.75, 3.05) is 19.6 Å². The Bertz CT molecular complexity index is 648. The molecule has 0 fully saturated rings. The number of carbonyl (C=O) groups excluding carboxylic acids is 1. The van der Waals surface area contributed by atoms with Gasteiger partial charge in [0.05, 0.1) is 6.54 Å². The lowest BCUT2D eigenvalue weighted by Crippen LogP contribution is -2.35. The first-order valence-corrected chi connectivity index (χ1v) is 7.98. The predicted molar refractivity (Wildman–Crippen MR) is 91.1 cm³/mol. The molecule has 23 heavy (non-hydrogen) atoms. The summed E-state index contributed by atoms with van der Waals surface area (Å²) in [4.78, 5) is 11.7. The topological polar surface area (TPSA) is 41.1 Å². The average Bonchev–Trinajstić information content (AvgIpc) is 2.53. The van der Waals surface area contributed by atoms with E-state index in [1.807, 2.05) is 24.3 Å². The molecular formula is C18H20ClFN2O. The number of hydrogen-bond donors (Lipinski definition) is 2. The van der Waals surface area contributed by atoms with E-state index in [4.69, 9.17) is 11.6 Å². The first-order valence-electron chi connectivity index (χ1n) is 7.60. The van der Waals surface area contributed by atoms with E-state index in [0.717, 1.165) is 12.0 Å². The van der Waals surface area contributed by atoms with Crippen LogP contribution in [-0.2, 0) is 17.6 Å². The molecule has 0 atom stereocenters. The van der Waals surface area contributed by atoms with E-state index in [0.29, 0.717) is 30.1 Å². The first-order chi connectivity index (χ1) is 11.1. The van der Waals surface area contributed by atoms with Gasteiger partial charge in [-0.25, -0.2) is 4.39 Å². The summed E-state index contributed by atoms with van der Waals surface area (Å²) in [5.41, 5.74) is 1.74. The number of amides is 1. The van der Waals surface area contributed by atoms with E-state index in [2.05, 4.69) is 10.6 Å². The van der Waals surface area contributed by atoms with Gasteiger partial charge in [-0.15, -0.1) is 0 Å². The third kappa shape index (κ3) is 6.38. The molecule has 0 aliphatic rings. The average molecular weight is 335 g/mol. The summed E-state index contributed by atoms with van der Waals surface area (Å²) in [6, 6.07) is 14.2. The zero-order valence-corrected chi connectivity index (χ0v) is 13.6. The molecule has 0 unspecified atom stereocenters. The minimum Gasteiger partial charge on any atom is -0.355 e. The number of nitrogens with one attached hydrogen (secondary N) is 2.